The quantitative estimate of drug-likeness (QED) is 0.560. The van der Waals surface area contributed by atoms with Crippen molar-refractivity contribution in [2.75, 3.05) is 21.0 Å². The Balaban J connectivity index is 1.97. The smallest absolute Gasteiger partial charge is 0.231 e. The van der Waals surface area contributed by atoms with E-state index in [0.29, 0.717) is 34.3 Å². The van der Waals surface area contributed by atoms with Crippen LogP contribution < -0.4 is 18.9 Å². The van der Waals surface area contributed by atoms with Gasteiger partial charge in [-0.1, -0.05) is 0 Å². The van der Waals surface area contributed by atoms with Crippen molar-refractivity contribution in [1.82, 2.24) is 4.98 Å². The molecule has 25 heavy (non-hydrogen) atoms. The third-order valence-electron chi connectivity index (χ3n) is 4.64. The largest absolute Gasteiger partial charge is 0.493 e. The first-order valence-electron chi connectivity index (χ1n) is 7.75. The summed E-state index contributed by atoms with van der Waals surface area (Å²) >= 11 is 0. The summed E-state index contributed by atoms with van der Waals surface area (Å²) in [5.41, 5.74) is 2.46. The van der Waals surface area contributed by atoms with Crippen LogP contribution in [-0.4, -0.2) is 31.8 Å². The molecule has 5 rings (SSSR count). The van der Waals surface area contributed by atoms with E-state index in [1.807, 2.05) is 12.1 Å². The molecule has 124 valence electrons. The first-order chi connectivity index (χ1) is 12.2. The van der Waals surface area contributed by atoms with Gasteiger partial charge in [-0.25, -0.2) is 0 Å². The summed E-state index contributed by atoms with van der Waals surface area (Å²) in [4.78, 5) is 17.4. The number of carbonyl (C=O) groups is 1. The van der Waals surface area contributed by atoms with Gasteiger partial charge in [-0.3, -0.25) is 9.78 Å². The molecule has 2 aromatic carbocycles. The predicted octanol–water partition coefficient (Wildman–Crippen LogP) is 3.19. The summed E-state index contributed by atoms with van der Waals surface area (Å²) in [6.07, 6.45) is 1.63. The van der Waals surface area contributed by atoms with Gasteiger partial charge in [-0.2, -0.15) is 0 Å². The standard InChI is InChI=1S/C19H13NO5/c1-22-12-6-10-11(7-13(12)23-2)18(21)17-15-9(3-4-20-17)5-14-19(16(10)15)25-8-24-14/h3-7H,8H2,1-2H3. The molecule has 0 saturated carbocycles. The molecule has 6 heteroatoms. The maximum absolute atomic E-state index is 13.0. The monoisotopic (exact) mass is 335 g/mol. The van der Waals surface area contributed by atoms with Gasteiger partial charge in [0, 0.05) is 28.3 Å². The molecule has 0 N–H and O–H groups in total. The lowest BCUT2D eigenvalue weighted by molar-refractivity contribution is 0.103. The van der Waals surface area contributed by atoms with Crippen molar-refractivity contribution < 1.29 is 23.7 Å². The maximum Gasteiger partial charge on any atom is 0.231 e. The summed E-state index contributed by atoms with van der Waals surface area (Å²) in [6.45, 7) is 0.151. The number of hydrogen-bond acceptors (Lipinski definition) is 6. The molecule has 2 heterocycles. The number of carbonyl (C=O) groups excluding carboxylic acids is 1. The normalized spacial score (nSPS) is 13.8. The highest BCUT2D eigenvalue weighted by Crippen LogP contribution is 2.52. The second kappa shape index (κ2) is 4.86. The lowest BCUT2D eigenvalue weighted by Crippen LogP contribution is -2.13. The van der Waals surface area contributed by atoms with Crippen LogP contribution in [0.4, 0.5) is 0 Å². The molecular weight excluding hydrogens is 322 g/mol. The van der Waals surface area contributed by atoms with Crippen LogP contribution in [-0.2, 0) is 0 Å². The summed E-state index contributed by atoms with van der Waals surface area (Å²) < 4.78 is 22.0. The zero-order valence-electron chi connectivity index (χ0n) is 13.6. The Hall–Kier alpha value is -3.28. The fourth-order valence-corrected chi connectivity index (χ4v) is 3.54. The summed E-state index contributed by atoms with van der Waals surface area (Å²) in [7, 11) is 3.11. The Bertz CT molecular complexity index is 1070. The number of nitrogens with zero attached hydrogens (tertiary/aromatic N) is 1. The van der Waals surface area contributed by atoms with Crippen molar-refractivity contribution in [3.63, 3.8) is 0 Å². The van der Waals surface area contributed by atoms with Gasteiger partial charge in [0.05, 0.1) is 14.2 Å². The SMILES string of the molecule is COc1cc2c(cc1OC)-c1c3c(cc4ccnc(c14)C2=O)OCO3. The van der Waals surface area contributed by atoms with Crippen LogP contribution in [0.1, 0.15) is 16.1 Å². The third-order valence-corrected chi connectivity index (χ3v) is 4.64. The third kappa shape index (κ3) is 1.73. The highest BCUT2D eigenvalue weighted by molar-refractivity contribution is 6.26. The molecular formula is C19H13NO5. The fraction of sp³-hybridized carbons (Fsp3) is 0.158. The van der Waals surface area contributed by atoms with Crippen molar-refractivity contribution in [3.8, 4) is 34.1 Å². The lowest BCUT2D eigenvalue weighted by Gasteiger charge is -2.22. The number of pyridine rings is 1. The van der Waals surface area contributed by atoms with Crippen LogP contribution in [0, 0.1) is 0 Å². The molecule has 0 amide bonds. The summed E-state index contributed by atoms with van der Waals surface area (Å²) in [5, 5.41) is 1.66. The van der Waals surface area contributed by atoms with Gasteiger partial charge >= 0.3 is 0 Å². The summed E-state index contributed by atoms with van der Waals surface area (Å²) in [6, 6.07) is 7.24. The van der Waals surface area contributed by atoms with Crippen LogP contribution in [0.5, 0.6) is 23.0 Å². The Morgan fingerprint density at radius 1 is 1.04 bits per heavy atom. The number of fused-ring (bicyclic) bond motifs is 4. The number of benzene rings is 2. The van der Waals surface area contributed by atoms with Gasteiger partial charge in [0.1, 0.15) is 5.69 Å². The van der Waals surface area contributed by atoms with E-state index in [2.05, 4.69) is 4.98 Å². The Labute approximate surface area is 142 Å². The number of aromatic nitrogens is 1. The predicted molar refractivity (Wildman–Crippen MR) is 89.8 cm³/mol. The van der Waals surface area contributed by atoms with Gasteiger partial charge in [0.2, 0.25) is 12.6 Å². The molecule has 0 spiro atoms. The van der Waals surface area contributed by atoms with Crippen molar-refractivity contribution in [1.29, 1.82) is 0 Å². The van der Waals surface area contributed by atoms with E-state index in [-0.39, 0.29) is 12.6 Å². The van der Waals surface area contributed by atoms with E-state index in [1.54, 1.807) is 32.5 Å². The highest BCUT2D eigenvalue weighted by Gasteiger charge is 2.33. The van der Waals surface area contributed by atoms with Gasteiger partial charge in [0.25, 0.3) is 0 Å². The van der Waals surface area contributed by atoms with E-state index in [1.165, 1.54) is 0 Å². The topological polar surface area (TPSA) is 66.9 Å². The molecule has 0 bridgehead atoms. The number of ketones is 1. The van der Waals surface area contributed by atoms with Crippen LogP contribution in [0.2, 0.25) is 0 Å². The van der Waals surface area contributed by atoms with Crippen LogP contribution >= 0.6 is 0 Å². The molecule has 1 aromatic heterocycles. The van der Waals surface area contributed by atoms with Crippen LogP contribution in [0.15, 0.2) is 30.5 Å². The Morgan fingerprint density at radius 2 is 1.80 bits per heavy atom. The van der Waals surface area contributed by atoms with E-state index in [9.17, 15) is 4.79 Å². The van der Waals surface area contributed by atoms with E-state index in [4.69, 9.17) is 18.9 Å². The maximum atomic E-state index is 13.0. The second-order valence-electron chi connectivity index (χ2n) is 5.82. The van der Waals surface area contributed by atoms with Gasteiger partial charge in [0.15, 0.2) is 23.0 Å². The van der Waals surface area contributed by atoms with Crippen molar-refractivity contribution in [2.24, 2.45) is 0 Å². The van der Waals surface area contributed by atoms with Crippen molar-refractivity contribution in [2.45, 2.75) is 0 Å². The average Bonchev–Trinajstić information content (AvgIpc) is 3.11. The van der Waals surface area contributed by atoms with Gasteiger partial charge < -0.3 is 18.9 Å². The second-order valence-corrected chi connectivity index (χ2v) is 5.82. The zero-order valence-corrected chi connectivity index (χ0v) is 13.6. The molecule has 0 atom stereocenters. The fourth-order valence-electron chi connectivity index (χ4n) is 3.54. The molecule has 0 saturated heterocycles. The van der Waals surface area contributed by atoms with Crippen LogP contribution in [0.25, 0.3) is 21.9 Å². The minimum atomic E-state index is -0.145. The molecule has 0 fully saturated rings. The molecule has 1 aliphatic heterocycles. The van der Waals surface area contributed by atoms with E-state index in [0.717, 1.165) is 21.9 Å². The molecule has 0 radical (unpaired) electrons. The summed E-state index contributed by atoms with van der Waals surface area (Å²) in [5.74, 6) is 2.19. The minimum absolute atomic E-state index is 0.145. The number of hydrogen-bond donors (Lipinski definition) is 0. The molecule has 6 nitrogen and oxygen atoms in total. The Kier molecular flexibility index (Phi) is 2.74. The van der Waals surface area contributed by atoms with Crippen LogP contribution in [0.3, 0.4) is 0 Å². The van der Waals surface area contributed by atoms with E-state index >= 15 is 0 Å². The van der Waals surface area contributed by atoms with E-state index < -0.39 is 0 Å². The molecule has 2 aliphatic rings. The average molecular weight is 335 g/mol. The first kappa shape index (κ1) is 14.1. The first-order valence-corrected chi connectivity index (χ1v) is 7.75. The lowest BCUT2D eigenvalue weighted by atomic mass is 9.84. The van der Waals surface area contributed by atoms with Crippen molar-refractivity contribution in [3.05, 3.63) is 41.7 Å². The Morgan fingerprint density at radius 3 is 2.56 bits per heavy atom. The number of ether oxygens (including phenoxy) is 4. The number of rotatable bonds is 2. The van der Waals surface area contributed by atoms with Gasteiger partial charge in [-0.15, -0.1) is 0 Å². The van der Waals surface area contributed by atoms with Crippen molar-refractivity contribution >= 4 is 16.6 Å². The molecule has 3 aromatic rings. The zero-order chi connectivity index (χ0) is 17.1. The minimum Gasteiger partial charge on any atom is -0.493 e. The number of methoxy groups -OCH3 is 2. The van der Waals surface area contributed by atoms with Gasteiger partial charge in [-0.05, 0) is 29.7 Å². The highest BCUT2D eigenvalue weighted by atomic mass is 16.7. The molecule has 1 aliphatic carbocycles. The molecule has 0 unspecified atom stereocenters.